The first-order chi connectivity index (χ1) is 10.2. The van der Waals surface area contributed by atoms with Gasteiger partial charge in [-0.1, -0.05) is 35.7 Å². The first kappa shape index (κ1) is 15.1. The molecule has 4 heteroatoms. The van der Waals surface area contributed by atoms with Gasteiger partial charge >= 0.3 is 5.91 Å². The molecule has 2 rings (SSSR count). The van der Waals surface area contributed by atoms with E-state index in [1.165, 1.54) is 4.90 Å². The van der Waals surface area contributed by atoms with Crippen LogP contribution in [0.4, 0.5) is 5.69 Å². The van der Waals surface area contributed by atoms with Crippen molar-refractivity contribution in [2.45, 2.75) is 0 Å². The number of carbonyl (C=O) groups excluding carboxylic acids is 1. The average Bonchev–Trinajstić information content (AvgIpc) is 2.52. The van der Waals surface area contributed by atoms with Crippen molar-refractivity contribution in [3.63, 3.8) is 0 Å². The van der Waals surface area contributed by atoms with E-state index in [0.717, 1.165) is 5.56 Å². The summed E-state index contributed by atoms with van der Waals surface area (Å²) >= 11 is 5.83. The van der Waals surface area contributed by atoms with Crippen LogP contribution in [0.15, 0.2) is 54.6 Å². The second-order valence-electron chi connectivity index (χ2n) is 4.27. The Hall–Kier alpha value is -2.28. The normalized spacial score (nSPS) is 9.62. The number of hydrogen-bond acceptors (Lipinski definition) is 2. The number of benzene rings is 2. The molecule has 0 aliphatic rings. The summed E-state index contributed by atoms with van der Waals surface area (Å²) in [6.07, 6.45) is 0. The fourth-order valence-corrected chi connectivity index (χ4v) is 1.91. The molecule has 1 N–H and O–H groups in total. The van der Waals surface area contributed by atoms with Crippen LogP contribution in [0.1, 0.15) is 5.56 Å². The van der Waals surface area contributed by atoms with Gasteiger partial charge in [0.05, 0.1) is 6.61 Å². The molecule has 2 aromatic rings. The molecule has 0 bridgehead atoms. The summed E-state index contributed by atoms with van der Waals surface area (Å²) in [6, 6.07) is 16.1. The van der Waals surface area contributed by atoms with E-state index in [1.807, 2.05) is 30.3 Å². The number of carbonyl (C=O) groups is 1. The zero-order chi connectivity index (χ0) is 15.1. The van der Waals surface area contributed by atoms with Crippen LogP contribution in [0.2, 0.25) is 5.02 Å². The maximum atomic E-state index is 12.2. The van der Waals surface area contributed by atoms with Crippen molar-refractivity contribution >= 4 is 23.2 Å². The molecular formula is C17H14ClNO2. The Bertz CT molecular complexity index is 657. The molecule has 0 fully saturated rings. The molecule has 0 aliphatic carbocycles. The lowest BCUT2D eigenvalue weighted by molar-refractivity contribution is -0.113. The quantitative estimate of drug-likeness (QED) is 0.885. The van der Waals surface area contributed by atoms with Crippen molar-refractivity contribution in [2.75, 3.05) is 18.1 Å². The molecule has 0 spiro atoms. The maximum absolute atomic E-state index is 12.2. The van der Waals surface area contributed by atoms with E-state index in [-0.39, 0.29) is 19.1 Å². The van der Waals surface area contributed by atoms with Crippen LogP contribution in [0.5, 0.6) is 0 Å². The number of nitrogens with zero attached hydrogens (tertiary/aromatic N) is 1. The monoisotopic (exact) mass is 299 g/mol. The fourth-order valence-electron chi connectivity index (χ4n) is 1.78. The lowest BCUT2D eigenvalue weighted by Crippen LogP contribution is -2.32. The second kappa shape index (κ2) is 7.49. The molecule has 0 radical (unpaired) electrons. The molecule has 21 heavy (non-hydrogen) atoms. The highest BCUT2D eigenvalue weighted by Crippen LogP contribution is 2.17. The fraction of sp³-hybridized carbons (Fsp3) is 0.118. The van der Waals surface area contributed by atoms with Crippen LogP contribution in [0.3, 0.4) is 0 Å². The summed E-state index contributed by atoms with van der Waals surface area (Å²) in [5, 5.41) is 9.71. The van der Waals surface area contributed by atoms with E-state index < -0.39 is 0 Å². The third-order valence-corrected chi connectivity index (χ3v) is 3.05. The van der Waals surface area contributed by atoms with Gasteiger partial charge in [0.1, 0.15) is 0 Å². The molecule has 0 atom stereocenters. The highest BCUT2D eigenvalue weighted by Gasteiger charge is 2.12. The molecule has 0 aliphatic heterocycles. The van der Waals surface area contributed by atoms with Crippen LogP contribution in [-0.2, 0) is 4.79 Å². The van der Waals surface area contributed by atoms with E-state index >= 15 is 0 Å². The van der Waals surface area contributed by atoms with Gasteiger partial charge in [0.25, 0.3) is 0 Å². The van der Waals surface area contributed by atoms with E-state index in [9.17, 15) is 4.79 Å². The number of aliphatic hydroxyl groups excluding tert-OH is 1. The number of rotatable bonds is 3. The molecule has 0 aromatic heterocycles. The van der Waals surface area contributed by atoms with Gasteiger partial charge in [-0.05, 0) is 36.4 Å². The van der Waals surface area contributed by atoms with Gasteiger partial charge in [-0.3, -0.25) is 9.69 Å². The maximum Gasteiger partial charge on any atom is 0.303 e. The molecular weight excluding hydrogens is 286 g/mol. The molecule has 0 unspecified atom stereocenters. The standard InChI is InChI=1S/C17H14ClNO2/c18-15-7-9-16(10-8-15)19(12-13-20)17(21)11-6-14-4-2-1-3-5-14/h1-5,7-10,20H,12-13H2. The molecule has 1 amide bonds. The van der Waals surface area contributed by atoms with Crippen LogP contribution < -0.4 is 4.90 Å². The summed E-state index contributed by atoms with van der Waals surface area (Å²) in [7, 11) is 0. The molecule has 0 saturated heterocycles. The smallest absolute Gasteiger partial charge is 0.303 e. The van der Waals surface area contributed by atoms with Crippen molar-refractivity contribution in [1.29, 1.82) is 0 Å². The summed E-state index contributed by atoms with van der Waals surface area (Å²) in [5.41, 5.74) is 1.42. The molecule has 0 heterocycles. The third kappa shape index (κ3) is 4.35. The zero-order valence-corrected chi connectivity index (χ0v) is 12.0. The van der Waals surface area contributed by atoms with Gasteiger partial charge in [0.15, 0.2) is 0 Å². The number of anilines is 1. The number of aliphatic hydroxyl groups is 1. The van der Waals surface area contributed by atoms with Crippen molar-refractivity contribution in [3.8, 4) is 11.8 Å². The number of halogens is 1. The number of amides is 1. The van der Waals surface area contributed by atoms with Crippen LogP contribution in [0.25, 0.3) is 0 Å². The summed E-state index contributed by atoms with van der Waals surface area (Å²) in [4.78, 5) is 13.6. The first-order valence-corrected chi connectivity index (χ1v) is 6.83. The van der Waals surface area contributed by atoms with Crippen LogP contribution in [0, 0.1) is 11.8 Å². The van der Waals surface area contributed by atoms with Crippen molar-refractivity contribution < 1.29 is 9.90 Å². The largest absolute Gasteiger partial charge is 0.395 e. The topological polar surface area (TPSA) is 40.5 Å². The molecule has 2 aromatic carbocycles. The second-order valence-corrected chi connectivity index (χ2v) is 4.71. The minimum absolute atomic E-state index is 0.138. The predicted octanol–water partition coefficient (Wildman–Crippen LogP) is 2.72. The highest BCUT2D eigenvalue weighted by molar-refractivity contribution is 6.30. The van der Waals surface area contributed by atoms with Gasteiger partial charge in [-0.15, -0.1) is 0 Å². The van der Waals surface area contributed by atoms with Gasteiger partial charge < -0.3 is 5.11 Å². The Morgan fingerprint density at radius 3 is 2.38 bits per heavy atom. The van der Waals surface area contributed by atoms with Gasteiger partial charge in [0.2, 0.25) is 0 Å². The Morgan fingerprint density at radius 1 is 1.10 bits per heavy atom. The van der Waals surface area contributed by atoms with Crippen molar-refractivity contribution in [1.82, 2.24) is 0 Å². The minimum Gasteiger partial charge on any atom is -0.395 e. The third-order valence-electron chi connectivity index (χ3n) is 2.79. The van der Waals surface area contributed by atoms with Crippen LogP contribution >= 0.6 is 11.6 Å². The summed E-state index contributed by atoms with van der Waals surface area (Å²) in [6.45, 7) is 0.0469. The zero-order valence-electron chi connectivity index (χ0n) is 11.3. The minimum atomic E-state index is -0.366. The average molecular weight is 300 g/mol. The molecule has 106 valence electrons. The Balaban J connectivity index is 2.20. The van der Waals surface area contributed by atoms with E-state index in [0.29, 0.717) is 10.7 Å². The molecule has 3 nitrogen and oxygen atoms in total. The first-order valence-electron chi connectivity index (χ1n) is 6.45. The molecule has 0 saturated carbocycles. The highest BCUT2D eigenvalue weighted by atomic mass is 35.5. The van der Waals surface area contributed by atoms with Crippen molar-refractivity contribution in [2.24, 2.45) is 0 Å². The van der Waals surface area contributed by atoms with Gasteiger partial charge in [-0.25, -0.2) is 0 Å². The van der Waals surface area contributed by atoms with Crippen molar-refractivity contribution in [3.05, 3.63) is 65.2 Å². The van der Waals surface area contributed by atoms with E-state index in [4.69, 9.17) is 16.7 Å². The van der Waals surface area contributed by atoms with Gasteiger partial charge in [0, 0.05) is 28.7 Å². The number of hydrogen-bond donors (Lipinski definition) is 1. The SMILES string of the molecule is O=C(C#Cc1ccccc1)N(CCO)c1ccc(Cl)cc1. The Labute approximate surface area is 128 Å². The van der Waals surface area contributed by atoms with E-state index in [2.05, 4.69) is 11.8 Å². The summed E-state index contributed by atoms with van der Waals surface area (Å²) in [5.74, 6) is 5.04. The Morgan fingerprint density at radius 2 is 1.76 bits per heavy atom. The summed E-state index contributed by atoms with van der Waals surface area (Å²) < 4.78 is 0. The van der Waals surface area contributed by atoms with E-state index in [1.54, 1.807) is 24.3 Å². The predicted molar refractivity (Wildman–Crippen MR) is 84.2 cm³/mol. The Kier molecular flexibility index (Phi) is 5.39. The van der Waals surface area contributed by atoms with Crippen LogP contribution in [-0.4, -0.2) is 24.2 Å². The lowest BCUT2D eigenvalue weighted by Gasteiger charge is -2.19. The lowest BCUT2D eigenvalue weighted by atomic mass is 10.2. The van der Waals surface area contributed by atoms with Gasteiger partial charge in [-0.2, -0.15) is 0 Å².